The molecule has 188 valence electrons. The van der Waals surface area contributed by atoms with Crippen LogP contribution in [-0.2, 0) is 0 Å². The van der Waals surface area contributed by atoms with E-state index in [2.05, 4.69) is 0 Å². The number of fused-ring (bicyclic) bond motifs is 5. The summed E-state index contributed by atoms with van der Waals surface area (Å²) in [6.07, 6.45) is 0. The van der Waals surface area contributed by atoms with Gasteiger partial charge in [0.15, 0.2) is 11.5 Å². The Kier molecular flexibility index (Phi) is 4.96. The van der Waals surface area contributed by atoms with E-state index in [-0.39, 0.29) is 10.9 Å². The minimum absolute atomic E-state index is 0.179. The molecule has 0 atom stereocenters. The molecule has 6 heteroatoms. The highest BCUT2D eigenvalue weighted by molar-refractivity contribution is 6.25. The van der Waals surface area contributed by atoms with Crippen LogP contribution in [-0.4, -0.2) is 30.0 Å². The van der Waals surface area contributed by atoms with Gasteiger partial charge in [-0.2, -0.15) is 0 Å². The summed E-state index contributed by atoms with van der Waals surface area (Å²) < 4.78 is 1.80. The van der Waals surface area contributed by atoms with Crippen molar-refractivity contribution in [2.24, 2.45) is 0 Å². The van der Waals surface area contributed by atoms with Crippen molar-refractivity contribution in [3.8, 4) is 51.2 Å². The van der Waals surface area contributed by atoms with Gasteiger partial charge in [-0.25, -0.2) is 4.98 Å². The predicted molar refractivity (Wildman–Crippen MR) is 154 cm³/mol. The number of nitrogens with zero attached hydrogens (tertiary/aromatic N) is 2. The molecule has 7 rings (SSSR count). The van der Waals surface area contributed by atoms with E-state index < -0.39 is 23.0 Å². The van der Waals surface area contributed by atoms with Crippen LogP contribution in [0.5, 0.6) is 23.0 Å². The third-order valence-electron chi connectivity index (χ3n) is 7.20. The van der Waals surface area contributed by atoms with Gasteiger partial charge in [0.1, 0.15) is 5.52 Å². The van der Waals surface area contributed by atoms with Crippen molar-refractivity contribution in [3.63, 3.8) is 0 Å². The largest absolute Gasteiger partial charge is 0.504 e. The number of aromatic hydroxyl groups is 4. The molecular formula is C33H22N2O4. The molecule has 0 saturated heterocycles. The number of hydrogen-bond acceptors (Lipinski definition) is 5. The van der Waals surface area contributed by atoms with Crippen LogP contribution in [0.15, 0.2) is 109 Å². The van der Waals surface area contributed by atoms with Gasteiger partial charge < -0.3 is 25.0 Å². The number of rotatable bonds is 3. The van der Waals surface area contributed by atoms with E-state index in [0.29, 0.717) is 16.6 Å². The Morgan fingerprint density at radius 1 is 0.513 bits per heavy atom. The summed E-state index contributed by atoms with van der Waals surface area (Å²) in [7, 11) is 0. The van der Waals surface area contributed by atoms with E-state index in [1.165, 1.54) is 0 Å². The van der Waals surface area contributed by atoms with Crippen LogP contribution >= 0.6 is 0 Å². The summed E-state index contributed by atoms with van der Waals surface area (Å²) in [6.45, 7) is 0. The smallest absolute Gasteiger partial charge is 0.206 e. The van der Waals surface area contributed by atoms with Crippen LogP contribution in [0.25, 0.3) is 60.8 Å². The first-order valence-corrected chi connectivity index (χ1v) is 12.5. The summed E-state index contributed by atoms with van der Waals surface area (Å²) in [4.78, 5) is 4.95. The maximum absolute atomic E-state index is 11.2. The van der Waals surface area contributed by atoms with Crippen molar-refractivity contribution < 1.29 is 20.4 Å². The molecule has 7 aromatic rings. The lowest BCUT2D eigenvalue weighted by atomic mass is 10.0. The molecule has 0 aliphatic carbocycles. The fraction of sp³-hybridized carbons (Fsp3) is 0. The van der Waals surface area contributed by atoms with Crippen LogP contribution in [0, 0.1) is 0 Å². The van der Waals surface area contributed by atoms with Crippen LogP contribution in [0.1, 0.15) is 0 Å². The lowest BCUT2D eigenvalue weighted by Gasteiger charge is -2.14. The number of hydrogen-bond donors (Lipinski definition) is 4. The van der Waals surface area contributed by atoms with Crippen molar-refractivity contribution in [1.82, 2.24) is 9.55 Å². The number of pyridine rings is 1. The summed E-state index contributed by atoms with van der Waals surface area (Å²) in [5.41, 5.74) is 4.79. The zero-order valence-electron chi connectivity index (χ0n) is 20.6. The summed E-state index contributed by atoms with van der Waals surface area (Å²) >= 11 is 0. The lowest BCUT2D eigenvalue weighted by Crippen LogP contribution is -1.98. The van der Waals surface area contributed by atoms with E-state index in [9.17, 15) is 20.4 Å². The van der Waals surface area contributed by atoms with Gasteiger partial charge in [-0.05, 0) is 29.0 Å². The first kappa shape index (κ1) is 22.7. The highest BCUT2D eigenvalue weighted by Gasteiger charge is 2.27. The number of benzene rings is 5. The van der Waals surface area contributed by atoms with Gasteiger partial charge in [0.05, 0.1) is 28.0 Å². The SMILES string of the molecule is Oc1c(O)c(O)c2c(c1O)c1c3ccccc3ccc1n2-c1cc(-c2ccccc2)nc(-c2ccccc2)c1. The van der Waals surface area contributed by atoms with Gasteiger partial charge in [0.25, 0.3) is 0 Å². The summed E-state index contributed by atoms with van der Waals surface area (Å²) in [5, 5.41) is 46.0. The zero-order valence-corrected chi connectivity index (χ0v) is 20.6. The molecule has 0 aliphatic heterocycles. The first-order chi connectivity index (χ1) is 19.0. The minimum Gasteiger partial charge on any atom is -0.504 e. The van der Waals surface area contributed by atoms with Crippen LogP contribution in [0.4, 0.5) is 0 Å². The quantitative estimate of drug-likeness (QED) is 0.146. The molecule has 0 unspecified atom stereocenters. The Balaban J connectivity index is 1.67. The summed E-state index contributed by atoms with van der Waals surface area (Å²) in [6, 6.07) is 35.0. The molecule has 2 aromatic heterocycles. The zero-order chi connectivity index (χ0) is 26.7. The Morgan fingerprint density at radius 3 is 1.72 bits per heavy atom. The van der Waals surface area contributed by atoms with Crippen molar-refractivity contribution in [3.05, 3.63) is 109 Å². The Hall–Kier alpha value is -5.49. The van der Waals surface area contributed by atoms with Gasteiger partial charge >= 0.3 is 0 Å². The minimum atomic E-state index is -0.783. The predicted octanol–water partition coefficient (Wildman–Crippen LogP) is 7.49. The van der Waals surface area contributed by atoms with E-state index >= 15 is 0 Å². The fourth-order valence-corrected chi connectivity index (χ4v) is 5.40. The maximum Gasteiger partial charge on any atom is 0.206 e. The first-order valence-electron chi connectivity index (χ1n) is 12.5. The molecule has 0 amide bonds. The number of phenolic OH excluding ortho intramolecular Hbond substituents is 4. The molecule has 6 nitrogen and oxygen atoms in total. The van der Waals surface area contributed by atoms with Gasteiger partial charge in [0.2, 0.25) is 11.5 Å². The molecule has 0 bridgehead atoms. The molecule has 0 spiro atoms. The van der Waals surface area contributed by atoms with Crippen LogP contribution in [0.3, 0.4) is 0 Å². The van der Waals surface area contributed by atoms with Crippen molar-refractivity contribution in [2.45, 2.75) is 0 Å². The van der Waals surface area contributed by atoms with Gasteiger partial charge in [-0.1, -0.05) is 91.0 Å². The third kappa shape index (κ3) is 3.39. The van der Waals surface area contributed by atoms with Gasteiger partial charge in [0, 0.05) is 16.5 Å². The second-order valence-corrected chi connectivity index (χ2v) is 9.46. The number of phenols is 4. The molecule has 5 aromatic carbocycles. The molecule has 0 radical (unpaired) electrons. The van der Waals surface area contributed by atoms with E-state index in [4.69, 9.17) is 4.98 Å². The third-order valence-corrected chi connectivity index (χ3v) is 7.20. The van der Waals surface area contributed by atoms with Crippen molar-refractivity contribution >= 4 is 32.6 Å². The molecule has 2 heterocycles. The van der Waals surface area contributed by atoms with E-state index in [1.807, 2.05) is 109 Å². The standard InChI is InChI=1S/C33H22N2O4/c36-30-28-27-23-14-8-7-9-19(23)15-16-26(27)35(29(28)31(37)33(39)32(30)38)22-17-24(20-10-3-1-4-11-20)34-25(18-22)21-12-5-2-6-13-21/h1-18,36-39H. The highest BCUT2D eigenvalue weighted by atomic mass is 16.3. The summed E-state index contributed by atoms with van der Waals surface area (Å²) in [5.74, 6) is -2.58. The van der Waals surface area contributed by atoms with Crippen molar-refractivity contribution in [2.75, 3.05) is 0 Å². The molecule has 0 fully saturated rings. The van der Waals surface area contributed by atoms with Gasteiger partial charge in [-0.3, -0.25) is 0 Å². The fourth-order valence-electron chi connectivity index (χ4n) is 5.40. The highest BCUT2D eigenvalue weighted by Crippen LogP contribution is 2.53. The average molecular weight is 511 g/mol. The molecule has 0 saturated carbocycles. The molecule has 39 heavy (non-hydrogen) atoms. The normalized spacial score (nSPS) is 11.5. The van der Waals surface area contributed by atoms with Crippen molar-refractivity contribution in [1.29, 1.82) is 0 Å². The lowest BCUT2D eigenvalue weighted by molar-refractivity contribution is 0.350. The number of aromatic nitrogens is 2. The van der Waals surface area contributed by atoms with Crippen LogP contribution < -0.4 is 0 Å². The monoisotopic (exact) mass is 510 g/mol. The second kappa shape index (κ2) is 8.53. The Morgan fingerprint density at radius 2 is 1.08 bits per heavy atom. The van der Waals surface area contributed by atoms with Crippen LogP contribution in [0.2, 0.25) is 0 Å². The van der Waals surface area contributed by atoms with E-state index in [1.54, 1.807) is 4.57 Å². The Labute approximate surface area is 222 Å². The molecule has 0 aliphatic rings. The Bertz CT molecular complexity index is 1990. The molecule has 4 N–H and O–H groups in total. The second-order valence-electron chi connectivity index (χ2n) is 9.46. The topological polar surface area (TPSA) is 98.7 Å². The average Bonchev–Trinajstić information content (AvgIpc) is 3.35. The maximum atomic E-state index is 11.2. The van der Waals surface area contributed by atoms with E-state index in [0.717, 1.165) is 33.3 Å². The molecular weight excluding hydrogens is 488 g/mol. The van der Waals surface area contributed by atoms with Gasteiger partial charge in [-0.15, -0.1) is 0 Å².